The zero-order valence-corrected chi connectivity index (χ0v) is 15.3. The molecule has 0 bridgehead atoms. The van der Waals surface area contributed by atoms with Crippen molar-refractivity contribution in [3.05, 3.63) is 29.8 Å². The Morgan fingerprint density at radius 3 is 2.79 bits per heavy atom. The summed E-state index contributed by atoms with van der Waals surface area (Å²) in [7, 11) is -3.07. The van der Waals surface area contributed by atoms with Gasteiger partial charge in [-0.25, -0.2) is 8.42 Å². The lowest BCUT2D eigenvalue weighted by Crippen LogP contribution is -2.68. The van der Waals surface area contributed by atoms with Crippen LogP contribution >= 0.6 is 0 Å². The minimum atomic E-state index is -3.07. The molecule has 1 aliphatic heterocycles. The molecule has 1 spiro atoms. The van der Waals surface area contributed by atoms with Crippen molar-refractivity contribution in [1.82, 2.24) is 0 Å². The van der Waals surface area contributed by atoms with Gasteiger partial charge in [0.2, 0.25) is 0 Å². The minimum Gasteiger partial charge on any atom is -0.381 e. The molecule has 1 aromatic rings. The van der Waals surface area contributed by atoms with Gasteiger partial charge in [-0.3, -0.25) is 0 Å². The Bertz CT molecular complexity index is 724. The van der Waals surface area contributed by atoms with Gasteiger partial charge in [0.05, 0.1) is 17.1 Å². The number of nitrogens with one attached hydrogen (secondary N) is 1. The van der Waals surface area contributed by atoms with Gasteiger partial charge in [-0.15, -0.1) is 0 Å². The van der Waals surface area contributed by atoms with Crippen molar-refractivity contribution in [3.8, 4) is 0 Å². The molecule has 1 saturated heterocycles. The summed E-state index contributed by atoms with van der Waals surface area (Å²) in [6.07, 6.45) is 5.41. The highest BCUT2D eigenvalue weighted by Crippen LogP contribution is 2.63. The van der Waals surface area contributed by atoms with Gasteiger partial charge in [0, 0.05) is 29.7 Å². The number of benzene rings is 1. The molecule has 132 valence electrons. The first-order valence-corrected chi connectivity index (χ1v) is 10.8. The second kappa shape index (κ2) is 5.73. The summed E-state index contributed by atoms with van der Waals surface area (Å²) < 4.78 is 30.3. The van der Waals surface area contributed by atoms with E-state index in [1.807, 2.05) is 18.2 Å². The lowest BCUT2D eigenvalue weighted by molar-refractivity contribution is -0.158. The van der Waals surface area contributed by atoms with E-state index in [4.69, 9.17) is 4.74 Å². The molecule has 3 atom stereocenters. The Kier molecular flexibility index (Phi) is 3.92. The van der Waals surface area contributed by atoms with E-state index < -0.39 is 9.84 Å². The highest BCUT2D eigenvalue weighted by atomic mass is 32.2. The van der Waals surface area contributed by atoms with E-state index in [9.17, 15) is 8.42 Å². The molecular formula is C19H27NO3S. The Hall–Kier alpha value is -1.07. The fourth-order valence-corrected chi connectivity index (χ4v) is 5.76. The summed E-state index contributed by atoms with van der Waals surface area (Å²) in [6, 6.07) is 8.42. The number of sulfone groups is 1. The maximum atomic E-state index is 12.2. The Morgan fingerprint density at radius 1 is 1.33 bits per heavy atom. The molecule has 1 heterocycles. The van der Waals surface area contributed by atoms with Crippen molar-refractivity contribution in [3.63, 3.8) is 0 Å². The van der Waals surface area contributed by atoms with Gasteiger partial charge in [0.25, 0.3) is 0 Å². The maximum absolute atomic E-state index is 12.2. The van der Waals surface area contributed by atoms with E-state index in [0.29, 0.717) is 23.5 Å². The third-order valence-corrected chi connectivity index (χ3v) is 8.54. The SMILES string of the molecule is CC(C)S(=O)(=O)Cc1cccc(N[C@@H]2[C@H]3CCO[C@H]3C23CCC3)c1. The first-order valence-electron chi connectivity index (χ1n) is 9.11. The van der Waals surface area contributed by atoms with E-state index in [0.717, 1.165) is 24.3 Å². The van der Waals surface area contributed by atoms with Crippen molar-refractivity contribution in [2.75, 3.05) is 11.9 Å². The van der Waals surface area contributed by atoms with Crippen molar-refractivity contribution >= 4 is 15.5 Å². The second-order valence-electron chi connectivity index (χ2n) is 8.01. The molecule has 5 heteroatoms. The molecule has 1 aromatic carbocycles. The Morgan fingerprint density at radius 2 is 2.12 bits per heavy atom. The molecule has 0 radical (unpaired) electrons. The van der Waals surface area contributed by atoms with Crippen LogP contribution in [0.2, 0.25) is 0 Å². The zero-order valence-electron chi connectivity index (χ0n) is 14.5. The summed E-state index contributed by atoms with van der Waals surface area (Å²) in [5.74, 6) is 0.735. The molecule has 4 rings (SSSR count). The average Bonchev–Trinajstić information content (AvgIpc) is 2.88. The Labute approximate surface area is 144 Å². The van der Waals surface area contributed by atoms with Crippen LogP contribution in [0.1, 0.15) is 45.1 Å². The number of rotatable bonds is 5. The summed E-state index contributed by atoms with van der Waals surface area (Å²) in [5, 5.41) is 3.39. The third kappa shape index (κ3) is 2.48. The van der Waals surface area contributed by atoms with Gasteiger partial charge in [0.1, 0.15) is 0 Å². The van der Waals surface area contributed by atoms with E-state index >= 15 is 0 Å². The predicted molar refractivity (Wildman–Crippen MR) is 95.7 cm³/mol. The molecule has 0 aromatic heterocycles. The van der Waals surface area contributed by atoms with Crippen molar-refractivity contribution in [2.45, 2.75) is 62.7 Å². The van der Waals surface area contributed by atoms with Crippen LogP contribution in [-0.4, -0.2) is 32.4 Å². The van der Waals surface area contributed by atoms with Gasteiger partial charge >= 0.3 is 0 Å². The first kappa shape index (κ1) is 16.4. The summed E-state index contributed by atoms with van der Waals surface area (Å²) in [4.78, 5) is 0. The van der Waals surface area contributed by atoms with Gasteiger partial charge in [-0.2, -0.15) is 0 Å². The first-order chi connectivity index (χ1) is 11.4. The number of ether oxygens (including phenoxy) is 1. The van der Waals surface area contributed by atoms with Crippen LogP contribution < -0.4 is 5.32 Å². The molecular weight excluding hydrogens is 322 g/mol. The number of anilines is 1. The van der Waals surface area contributed by atoms with E-state index in [1.54, 1.807) is 13.8 Å². The van der Waals surface area contributed by atoms with E-state index in [-0.39, 0.29) is 11.0 Å². The smallest absolute Gasteiger partial charge is 0.156 e. The Balaban J connectivity index is 1.50. The lowest BCUT2D eigenvalue weighted by Gasteiger charge is -2.63. The van der Waals surface area contributed by atoms with E-state index in [2.05, 4.69) is 11.4 Å². The second-order valence-corrected chi connectivity index (χ2v) is 10.6. The summed E-state index contributed by atoms with van der Waals surface area (Å²) >= 11 is 0. The van der Waals surface area contributed by atoms with Gasteiger partial charge in [-0.1, -0.05) is 18.6 Å². The zero-order chi connectivity index (χ0) is 16.9. The van der Waals surface area contributed by atoms with Crippen LogP contribution in [0.3, 0.4) is 0 Å². The van der Waals surface area contributed by atoms with Crippen LogP contribution in [0.25, 0.3) is 0 Å². The van der Waals surface area contributed by atoms with Gasteiger partial charge in [-0.05, 0) is 50.8 Å². The third-order valence-electron chi connectivity index (χ3n) is 6.37. The largest absolute Gasteiger partial charge is 0.381 e. The highest BCUT2D eigenvalue weighted by molar-refractivity contribution is 7.91. The molecule has 0 amide bonds. The van der Waals surface area contributed by atoms with Crippen LogP contribution in [0.15, 0.2) is 24.3 Å². The van der Waals surface area contributed by atoms with Crippen LogP contribution in [0.4, 0.5) is 5.69 Å². The molecule has 24 heavy (non-hydrogen) atoms. The summed E-state index contributed by atoms with van der Waals surface area (Å²) in [5.41, 5.74) is 2.25. The fourth-order valence-electron chi connectivity index (χ4n) is 4.79. The monoisotopic (exact) mass is 349 g/mol. The van der Waals surface area contributed by atoms with Gasteiger partial charge in [0.15, 0.2) is 9.84 Å². The molecule has 3 fully saturated rings. The van der Waals surface area contributed by atoms with Crippen molar-refractivity contribution < 1.29 is 13.2 Å². The van der Waals surface area contributed by atoms with Gasteiger partial charge < -0.3 is 10.1 Å². The van der Waals surface area contributed by atoms with Crippen LogP contribution in [0, 0.1) is 11.3 Å². The summed E-state index contributed by atoms with van der Waals surface area (Å²) in [6.45, 7) is 4.38. The van der Waals surface area contributed by atoms with Crippen molar-refractivity contribution in [2.24, 2.45) is 11.3 Å². The molecule has 0 unspecified atom stereocenters. The fraction of sp³-hybridized carbons (Fsp3) is 0.684. The minimum absolute atomic E-state index is 0.116. The maximum Gasteiger partial charge on any atom is 0.156 e. The lowest BCUT2D eigenvalue weighted by atomic mass is 9.46. The average molecular weight is 349 g/mol. The topological polar surface area (TPSA) is 55.4 Å². The highest BCUT2D eigenvalue weighted by Gasteiger charge is 2.66. The number of hydrogen-bond acceptors (Lipinski definition) is 4. The molecule has 4 nitrogen and oxygen atoms in total. The molecule has 2 aliphatic carbocycles. The van der Waals surface area contributed by atoms with Crippen LogP contribution in [0.5, 0.6) is 0 Å². The quantitative estimate of drug-likeness (QED) is 0.885. The number of hydrogen-bond donors (Lipinski definition) is 1. The molecule has 2 saturated carbocycles. The van der Waals surface area contributed by atoms with E-state index in [1.165, 1.54) is 19.3 Å². The standard InChI is InChI=1S/C19H27NO3S/c1-13(2)24(21,22)12-14-5-3-6-15(11-14)20-17-16-7-10-23-18(16)19(17)8-4-9-19/h3,5-6,11,13,16-18,20H,4,7-10,12H2,1-2H3/t16-,17-,18-/m1/s1. The number of fused-ring (bicyclic) bond motifs is 2. The molecule has 3 aliphatic rings. The van der Waals surface area contributed by atoms with Crippen molar-refractivity contribution in [1.29, 1.82) is 0 Å². The predicted octanol–water partition coefficient (Wildman–Crippen LogP) is 3.38. The normalized spacial score (nSPS) is 30.7. The molecule has 1 N–H and O–H groups in total. The van der Waals surface area contributed by atoms with Crippen LogP contribution in [-0.2, 0) is 20.3 Å².